The van der Waals surface area contributed by atoms with Gasteiger partial charge in [-0.1, -0.05) is 0 Å². The van der Waals surface area contributed by atoms with Crippen LogP contribution in [-0.2, 0) is 9.53 Å². The molecule has 1 amide bonds. The van der Waals surface area contributed by atoms with Gasteiger partial charge < -0.3 is 15.2 Å². The van der Waals surface area contributed by atoms with Crippen LogP contribution in [0, 0.1) is 0 Å². The number of carbonyl (C=O) groups is 1. The topological polar surface area (TPSA) is 61.8 Å². The first-order chi connectivity index (χ1) is 7.11. The van der Waals surface area contributed by atoms with Gasteiger partial charge in [-0.3, -0.25) is 9.69 Å². The monoisotopic (exact) mass is 216 g/mol. The number of nitrogens with one attached hydrogen (secondary N) is 1. The Morgan fingerprint density at radius 3 is 3.00 bits per heavy atom. The zero-order chi connectivity index (χ0) is 11.3. The molecule has 0 aromatic heterocycles. The van der Waals surface area contributed by atoms with E-state index in [1.165, 1.54) is 0 Å². The predicted octanol–water partition coefficient (Wildman–Crippen LogP) is -0.796. The zero-order valence-electron chi connectivity index (χ0n) is 9.40. The smallest absolute Gasteiger partial charge is 0.234 e. The molecule has 1 unspecified atom stereocenters. The first kappa shape index (κ1) is 12.4. The summed E-state index contributed by atoms with van der Waals surface area (Å²) in [5.41, 5.74) is 0. The lowest BCUT2D eigenvalue weighted by Gasteiger charge is -2.17. The number of aliphatic hydroxyl groups is 1. The van der Waals surface area contributed by atoms with Crippen molar-refractivity contribution in [2.75, 3.05) is 33.4 Å². The minimum absolute atomic E-state index is 0.00588. The second-order valence-electron chi connectivity index (χ2n) is 4.10. The number of ether oxygens (including phenoxy) is 1. The van der Waals surface area contributed by atoms with Crippen LogP contribution in [0.5, 0.6) is 0 Å². The Morgan fingerprint density at radius 2 is 2.47 bits per heavy atom. The molecule has 1 aliphatic heterocycles. The number of hydrogen-bond acceptors (Lipinski definition) is 4. The fourth-order valence-corrected chi connectivity index (χ4v) is 1.77. The lowest BCUT2D eigenvalue weighted by molar-refractivity contribution is -0.123. The van der Waals surface area contributed by atoms with Gasteiger partial charge in [0, 0.05) is 26.2 Å². The van der Waals surface area contributed by atoms with Crippen LogP contribution in [0.15, 0.2) is 0 Å². The van der Waals surface area contributed by atoms with E-state index < -0.39 is 0 Å². The Kier molecular flexibility index (Phi) is 5.01. The minimum atomic E-state index is -0.269. The quantitative estimate of drug-likeness (QED) is 0.632. The van der Waals surface area contributed by atoms with Crippen molar-refractivity contribution in [2.24, 2.45) is 0 Å². The summed E-state index contributed by atoms with van der Waals surface area (Å²) in [6, 6.07) is 0.0371. The number of aliphatic hydroxyl groups excluding tert-OH is 1. The summed E-state index contributed by atoms with van der Waals surface area (Å²) in [5, 5.41) is 12.1. The van der Waals surface area contributed by atoms with Crippen molar-refractivity contribution in [3.63, 3.8) is 0 Å². The van der Waals surface area contributed by atoms with Gasteiger partial charge in [0.1, 0.15) is 0 Å². The Morgan fingerprint density at radius 1 is 1.73 bits per heavy atom. The van der Waals surface area contributed by atoms with Gasteiger partial charge in [-0.25, -0.2) is 0 Å². The van der Waals surface area contributed by atoms with Gasteiger partial charge in [0.25, 0.3) is 0 Å². The highest BCUT2D eigenvalue weighted by atomic mass is 16.5. The molecule has 1 rings (SSSR count). The molecule has 0 aromatic rings. The first-order valence-electron chi connectivity index (χ1n) is 5.30. The van der Waals surface area contributed by atoms with Crippen LogP contribution in [-0.4, -0.2) is 61.4 Å². The van der Waals surface area contributed by atoms with Crippen molar-refractivity contribution in [1.29, 1.82) is 0 Å². The Bertz CT molecular complexity index is 211. The van der Waals surface area contributed by atoms with E-state index in [9.17, 15) is 9.90 Å². The van der Waals surface area contributed by atoms with E-state index in [-0.39, 0.29) is 18.1 Å². The summed E-state index contributed by atoms with van der Waals surface area (Å²) in [7, 11) is 1.61. The maximum atomic E-state index is 11.5. The van der Waals surface area contributed by atoms with E-state index in [1.807, 2.05) is 11.8 Å². The van der Waals surface area contributed by atoms with E-state index in [4.69, 9.17) is 4.74 Å². The van der Waals surface area contributed by atoms with Crippen molar-refractivity contribution in [3.8, 4) is 0 Å². The number of likely N-dealkylation sites (tertiary alicyclic amines) is 1. The third-order valence-electron chi connectivity index (χ3n) is 2.44. The molecule has 0 radical (unpaired) electrons. The first-order valence-corrected chi connectivity index (χ1v) is 5.30. The fourth-order valence-electron chi connectivity index (χ4n) is 1.77. The molecular weight excluding hydrogens is 196 g/mol. The summed E-state index contributed by atoms with van der Waals surface area (Å²) >= 11 is 0. The van der Waals surface area contributed by atoms with Crippen molar-refractivity contribution in [2.45, 2.75) is 25.5 Å². The van der Waals surface area contributed by atoms with Crippen LogP contribution in [0.1, 0.15) is 13.3 Å². The van der Waals surface area contributed by atoms with Crippen LogP contribution in [0.3, 0.4) is 0 Å². The summed E-state index contributed by atoms with van der Waals surface area (Å²) in [5.74, 6) is -0.00588. The second-order valence-corrected chi connectivity index (χ2v) is 4.10. The molecule has 15 heavy (non-hydrogen) atoms. The third-order valence-corrected chi connectivity index (χ3v) is 2.44. The van der Waals surface area contributed by atoms with E-state index in [2.05, 4.69) is 5.32 Å². The standard InChI is InChI=1S/C10H20N2O3/c1-8(7-15-2)11-10(14)6-12-4-3-9(13)5-12/h8-9,13H,3-7H2,1-2H3,(H,11,14)/t8?,9-/m1/s1. The molecule has 2 N–H and O–H groups in total. The summed E-state index contributed by atoms with van der Waals surface area (Å²) in [6.45, 7) is 4.19. The molecule has 1 saturated heterocycles. The highest BCUT2D eigenvalue weighted by Gasteiger charge is 2.22. The molecule has 0 saturated carbocycles. The lowest BCUT2D eigenvalue weighted by atomic mass is 10.3. The molecule has 5 nitrogen and oxygen atoms in total. The van der Waals surface area contributed by atoms with Crippen LogP contribution in [0.4, 0.5) is 0 Å². The van der Waals surface area contributed by atoms with Crippen LogP contribution in [0.2, 0.25) is 0 Å². The van der Waals surface area contributed by atoms with Crippen LogP contribution >= 0.6 is 0 Å². The lowest BCUT2D eigenvalue weighted by Crippen LogP contribution is -2.42. The number of amides is 1. The van der Waals surface area contributed by atoms with Gasteiger partial charge in [0.05, 0.1) is 19.3 Å². The van der Waals surface area contributed by atoms with E-state index in [0.717, 1.165) is 13.0 Å². The molecule has 5 heteroatoms. The summed E-state index contributed by atoms with van der Waals surface area (Å²) in [6.07, 6.45) is 0.496. The Hall–Kier alpha value is -0.650. The minimum Gasteiger partial charge on any atom is -0.392 e. The van der Waals surface area contributed by atoms with Gasteiger partial charge in [-0.2, -0.15) is 0 Å². The van der Waals surface area contributed by atoms with Crippen molar-refractivity contribution < 1.29 is 14.6 Å². The van der Waals surface area contributed by atoms with E-state index in [1.54, 1.807) is 7.11 Å². The van der Waals surface area contributed by atoms with Gasteiger partial charge in [0.15, 0.2) is 0 Å². The Balaban J connectivity index is 2.18. The van der Waals surface area contributed by atoms with Crippen LogP contribution < -0.4 is 5.32 Å². The molecule has 1 aliphatic rings. The van der Waals surface area contributed by atoms with Gasteiger partial charge in [0.2, 0.25) is 5.91 Å². The van der Waals surface area contributed by atoms with Crippen molar-refractivity contribution in [1.82, 2.24) is 10.2 Å². The highest BCUT2D eigenvalue weighted by Crippen LogP contribution is 2.07. The average Bonchev–Trinajstić information content (AvgIpc) is 2.51. The third kappa shape index (κ3) is 4.59. The number of rotatable bonds is 5. The normalized spacial score (nSPS) is 24.1. The molecular formula is C10H20N2O3. The molecule has 0 aliphatic carbocycles. The number of hydrogen-bond donors (Lipinski definition) is 2. The highest BCUT2D eigenvalue weighted by molar-refractivity contribution is 5.78. The summed E-state index contributed by atoms with van der Waals surface area (Å²) < 4.78 is 4.92. The molecule has 0 aromatic carbocycles. The van der Waals surface area contributed by atoms with E-state index >= 15 is 0 Å². The Labute approximate surface area is 90.4 Å². The molecule has 88 valence electrons. The number of nitrogens with zero attached hydrogens (tertiary/aromatic N) is 1. The molecule has 1 heterocycles. The average molecular weight is 216 g/mol. The SMILES string of the molecule is COCC(C)NC(=O)CN1CC[C@@H](O)C1. The maximum Gasteiger partial charge on any atom is 0.234 e. The second kappa shape index (κ2) is 6.05. The number of carbonyl (C=O) groups excluding carboxylic acids is 1. The molecule has 2 atom stereocenters. The largest absolute Gasteiger partial charge is 0.392 e. The fraction of sp³-hybridized carbons (Fsp3) is 0.900. The molecule has 0 spiro atoms. The van der Waals surface area contributed by atoms with Crippen molar-refractivity contribution in [3.05, 3.63) is 0 Å². The van der Waals surface area contributed by atoms with Gasteiger partial charge in [-0.15, -0.1) is 0 Å². The summed E-state index contributed by atoms with van der Waals surface area (Å²) in [4.78, 5) is 13.5. The van der Waals surface area contributed by atoms with Gasteiger partial charge >= 0.3 is 0 Å². The van der Waals surface area contributed by atoms with Gasteiger partial charge in [-0.05, 0) is 13.3 Å². The van der Waals surface area contributed by atoms with Crippen molar-refractivity contribution >= 4 is 5.91 Å². The molecule has 0 bridgehead atoms. The van der Waals surface area contributed by atoms with Crippen LogP contribution in [0.25, 0.3) is 0 Å². The zero-order valence-corrected chi connectivity index (χ0v) is 9.40. The van der Waals surface area contributed by atoms with E-state index in [0.29, 0.717) is 19.7 Å². The number of β-amino-alcohol motifs (C(OH)–C–C–N with tert-alkyl or cyclic N) is 1. The molecule has 1 fully saturated rings. The predicted molar refractivity (Wildman–Crippen MR) is 56.5 cm³/mol. The maximum absolute atomic E-state index is 11.5. The number of methoxy groups -OCH3 is 1.